The fourth-order valence-corrected chi connectivity index (χ4v) is 4.36. The van der Waals surface area contributed by atoms with Gasteiger partial charge in [-0.05, 0) is 68.2 Å². The van der Waals surface area contributed by atoms with Gasteiger partial charge in [0, 0.05) is 31.5 Å². The maximum Gasteiger partial charge on any atom is 0.338 e. The summed E-state index contributed by atoms with van der Waals surface area (Å²) in [7, 11) is 1.41. The van der Waals surface area contributed by atoms with Crippen molar-refractivity contribution in [1.82, 2.24) is 0 Å². The lowest BCUT2D eigenvalue weighted by Gasteiger charge is -2.37. The predicted octanol–water partition coefficient (Wildman–Crippen LogP) is 4.09. The molecule has 1 saturated heterocycles. The van der Waals surface area contributed by atoms with Crippen LogP contribution in [0.2, 0.25) is 0 Å². The van der Waals surface area contributed by atoms with Gasteiger partial charge in [0.2, 0.25) is 0 Å². The molecule has 0 radical (unpaired) electrons. The Kier molecular flexibility index (Phi) is 7.40. The lowest BCUT2D eigenvalue weighted by molar-refractivity contribution is -0.146. The van der Waals surface area contributed by atoms with Gasteiger partial charge in [-0.3, -0.25) is 4.79 Å². The van der Waals surface area contributed by atoms with Crippen molar-refractivity contribution >= 4 is 17.6 Å². The number of methoxy groups -OCH3 is 1. The van der Waals surface area contributed by atoms with E-state index in [-0.39, 0.29) is 23.8 Å². The maximum atomic E-state index is 12.5. The molecule has 6 nitrogen and oxygen atoms in total. The molecule has 0 bridgehead atoms. The molecule has 2 fully saturated rings. The van der Waals surface area contributed by atoms with Crippen LogP contribution < -0.4 is 4.90 Å². The third kappa shape index (κ3) is 4.97. The summed E-state index contributed by atoms with van der Waals surface area (Å²) in [6, 6.07) is 4.46. The average Bonchev–Trinajstić information content (AvgIpc) is 3.55. The molecule has 1 aliphatic carbocycles. The first-order valence-electron chi connectivity index (χ1n) is 11.1. The number of ether oxygens (including phenoxy) is 3. The van der Waals surface area contributed by atoms with Gasteiger partial charge < -0.3 is 19.1 Å². The molecule has 0 N–H and O–H groups in total. The Labute approximate surface area is 179 Å². The van der Waals surface area contributed by atoms with Crippen LogP contribution in [0.15, 0.2) is 12.1 Å². The molecule has 2 unspecified atom stereocenters. The molecule has 1 aromatic carbocycles. The van der Waals surface area contributed by atoms with Crippen molar-refractivity contribution in [2.75, 3.05) is 38.4 Å². The first-order valence-corrected chi connectivity index (χ1v) is 11.1. The van der Waals surface area contributed by atoms with Crippen molar-refractivity contribution in [3.05, 3.63) is 28.8 Å². The zero-order chi connectivity index (χ0) is 21.8. The smallest absolute Gasteiger partial charge is 0.338 e. The summed E-state index contributed by atoms with van der Waals surface area (Å²) in [6.45, 7) is 11.0. The van der Waals surface area contributed by atoms with Crippen LogP contribution in [0.3, 0.4) is 0 Å². The number of hydrogen-bond donors (Lipinski definition) is 0. The summed E-state index contributed by atoms with van der Waals surface area (Å²) in [5.74, 6) is -0.171. The number of anilines is 1. The first-order chi connectivity index (χ1) is 14.4. The molecule has 166 valence electrons. The Morgan fingerprint density at radius 3 is 2.53 bits per heavy atom. The van der Waals surface area contributed by atoms with E-state index in [0.29, 0.717) is 24.1 Å². The van der Waals surface area contributed by atoms with Crippen LogP contribution >= 0.6 is 0 Å². The van der Waals surface area contributed by atoms with Gasteiger partial charge in [-0.25, -0.2) is 4.79 Å². The first kappa shape index (κ1) is 22.6. The van der Waals surface area contributed by atoms with Gasteiger partial charge in [0.1, 0.15) is 0 Å². The van der Waals surface area contributed by atoms with Gasteiger partial charge in [-0.15, -0.1) is 0 Å². The van der Waals surface area contributed by atoms with E-state index in [1.807, 2.05) is 26.8 Å². The van der Waals surface area contributed by atoms with Crippen LogP contribution in [0, 0.1) is 18.8 Å². The van der Waals surface area contributed by atoms with E-state index in [9.17, 15) is 9.59 Å². The van der Waals surface area contributed by atoms with E-state index in [0.717, 1.165) is 55.8 Å². The molecule has 1 aliphatic heterocycles. The molecule has 1 heterocycles. The summed E-state index contributed by atoms with van der Waals surface area (Å²) in [5, 5.41) is 0. The maximum absolute atomic E-state index is 12.5. The predicted molar refractivity (Wildman–Crippen MR) is 116 cm³/mol. The van der Waals surface area contributed by atoms with Crippen LogP contribution in [0.1, 0.15) is 67.4 Å². The average molecular weight is 418 g/mol. The number of carbonyl (C=O) groups is 2. The third-order valence-corrected chi connectivity index (χ3v) is 6.17. The Bertz CT molecular complexity index is 769. The number of benzene rings is 1. The molecular weight excluding hydrogens is 382 g/mol. The summed E-state index contributed by atoms with van der Waals surface area (Å²) in [5.41, 5.74) is 3.59. The van der Waals surface area contributed by atoms with Crippen molar-refractivity contribution in [2.24, 2.45) is 11.8 Å². The zero-order valence-electron chi connectivity index (χ0n) is 18.9. The van der Waals surface area contributed by atoms with Crippen molar-refractivity contribution in [1.29, 1.82) is 0 Å². The Morgan fingerprint density at radius 1 is 1.23 bits per heavy atom. The van der Waals surface area contributed by atoms with Gasteiger partial charge in [-0.2, -0.15) is 0 Å². The quantitative estimate of drug-likeness (QED) is 0.594. The highest BCUT2D eigenvalue weighted by atomic mass is 16.5. The van der Waals surface area contributed by atoms with Crippen LogP contribution in [-0.2, 0) is 19.0 Å². The summed E-state index contributed by atoms with van der Waals surface area (Å²) in [4.78, 5) is 27.3. The summed E-state index contributed by atoms with van der Waals surface area (Å²) in [6.07, 6.45) is 2.71. The van der Waals surface area contributed by atoms with Gasteiger partial charge in [-0.1, -0.05) is 13.8 Å². The molecule has 0 spiro atoms. The minimum Gasteiger partial charge on any atom is -0.465 e. The molecule has 0 aromatic heterocycles. The number of rotatable bonds is 8. The molecule has 0 amide bonds. The lowest BCUT2D eigenvalue weighted by Crippen LogP contribution is -2.40. The van der Waals surface area contributed by atoms with E-state index < -0.39 is 0 Å². The normalized spacial score (nSPS) is 21.4. The largest absolute Gasteiger partial charge is 0.465 e. The van der Waals surface area contributed by atoms with Gasteiger partial charge >= 0.3 is 11.9 Å². The summed E-state index contributed by atoms with van der Waals surface area (Å²) >= 11 is 0. The molecule has 1 saturated carbocycles. The topological polar surface area (TPSA) is 65.1 Å². The highest BCUT2D eigenvalue weighted by molar-refractivity contribution is 5.93. The van der Waals surface area contributed by atoms with Crippen LogP contribution in [0.25, 0.3) is 0 Å². The van der Waals surface area contributed by atoms with Crippen molar-refractivity contribution < 1.29 is 23.8 Å². The van der Waals surface area contributed by atoms with Gasteiger partial charge in [0.05, 0.1) is 25.2 Å². The van der Waals surface area contributed by atoms with E-state index in [2.05, 4.69) is 17.9 Å². The van der Waals surface area contributed by atoms with Crippen molar-refractivity contribution in [2.45, 2.75) is 58.9 Å². The number of carbonyl (C=O) groups excluding carboxylic acids is 2. The molecule has 1 aromatic rings. The zero-order valence-corrected chi connectivity index (χ0v) is 18.9. The molecule has 6 heteroatoms. The molecule has 2 atom stereocenters. The van der Waals surface area contributed by atoms with Crippen LogP contribution in [0.4, 0.5) is 5.69 Å². The fraction of sp³-hybridized carbons (Fsp3) is 0.667. The lowest BCUT2D eigenvalue weighted by atomic mass is 9.96. The van der Waals surface area contributed by atoms with Crippen LogP contribution in [0.5, 0.6) is 0 Å². The van der Waals surface area contributed by atoms with Crippen molar-refractivity contribution in [3.63, 3.8) is 0 Å². The number of esters is 2. The Morgan fingerprint density at radius 2 is 1.93 bits per heavy atom. The van der Waals surface area contributed by atoms with E-state index in [1.54, 1.807) is 0 Å². The van der Waals surface area contributed by atoms with Crippen LogP contribution in [-0.4, -0.2) is 51.5 Å². The second-order valence-electron chi connectivity index (χ2n) is 8.81. The van der Waals surface area contributed by atoms with E-state index in [1.165, 1.54) is 7.11 Å². The van der Waals surface area contributed by atoms with Crippen molar-refractivity contribution in [3.8, 4) is 0 Å². The molecular formula is C24H35NO5. The highest BCUT2D eigenvalue weighted by Gasteiger charge is 2.46. The second kappa shape index (κ2) is 9.82. The molecule has 30 heavy (non-hydrogen) atoms. The van der Waals surface area contributed by atoms with E-state index in [4.69, 9.17) is 14.2 Å². The third-order valence-electron chi connectivity index (χ3n) is 6.17. The highest BCUT2D eigenvalue weighted by Crippen LogP contribution is 2.50. The fourth-order valence-electron chi connectivity index (χ4n) is 4.36. The minimum atomic E-state index is -0.335. The monoisotopic (exact) mass is 417 g/mol. The van der Waals surface area contributed by atoms with Gasteiger partial charge in [0.25, 0.3) is 0 Å². The Hall–Kier alpha value is -2.08. The standard InChI is InChI=1S/C24H35NO5/c1-6-25(18-7-9-29-10-8-18)22-12-17(11-19(16(22)4)23(26)28-5)20-13-21(20)24(27)30-14-15(2)3/h11-12,15,18,20-21H,6-10,13-14H2,1-5H3. The molecule has 3 rings (SSSR count). The number of nitrogens with zero attached hydrogens (tertiary/aromatic N) is 1. The minimum absolute atomic E-state index is 0.0980. The van der Waals surface area contributed by atoms with Gasteiger partial charge in [0.15, 0.2) is 0 Å². The SMILES string of the molecule is CCN(c1cc(C2CC2C(=O)OCC(C)C)cc(C(=O)OC)c1C)C1CCOCC1. The molecule has 2 aliphatic rings. The Balaban J connectivity index is 1.90. The second-order valence-corrected chi connectivity index (χ2v) is 8.81. The van der Waals surface area contributed by atoms with E-state index >= 15 is 0 Å². The number of hydrogen-bond acceptors (Lipinski definition) is 6. The summed E-state index contributed by atoms with van der Waals surface area (Å²) < 4.78 is 16.0.